The number of nitriles is 1. The Kier molecular flexibility index (Phi) is 8.48. The summed E-state index contributed by atoms with van der Waals surface area (Å²) in [5.41, 5.74) is 1.39. The Hall–Kier alpha value is -5.11. The summed E-state index contributed by atoms with van der Waals surface area (Å²) >= 11 is 7.40. The highest BCUT2D eigenvalue weighted by Gasteiger charge is 2.21. The molecule has 0 radical (unpaired) electrons. The Morgan fingerprint density at radius 3 is 2.58 bits per heavy atom. The molecule has 2 aromatic heterocycles. The van der Waals surface area contributed by atoms with Crippen LogP contribution in [0, 0.1) is 17.1 Å². The lowest BCUT2D eigenvalue weighted by molar-refractivity contribution is -0.111. The minimum Gasteiger partial charge on any atom is -0.437 e. The van der Waals surface area contributed by atoms with E-state index in [2.05, 4.69) is 26.7 Å². The van der Waals surface area contributed by atoms with E-state index in [1.807, 2.05) is 30.3 Å². The van der Waals surface area contributed by atoms with Crippen LogP contribution < -0.4 is 15.4 Å². The van der Waals surface area contributed by atoms with Gasteiger partial charge in [0.05, 0.1) is 22.2 Å². The smallest absolute Gasteiger partial charge is 0.255 e. The van der Waals surface area contributed by atoms with Crippen molar-refractivity contribution >= 4 is 62.0 Å². The average molecular weight is 612 g/mol. The summed E-state index contributed by atoms with van der Waals surface area (Å²) in [7, 11) is 0. The van der Waals surface area contributed by atoms with Crippen LogP contribution in [0.25, 0.3) is 16.4 Å². The lowest BCUT2D eigenvalue weighted by Gasteiger charge is -2.17. The first-order chi connectivity index (χ1) is 20.6. The number of anilines is 2. The summed E-state index contributed by atoms with van der Waals surface area (Å²) in [5.74, 6) is -1.46. The third-order valence-electron chi connectivity index (χ3n) is 6.30. The number of thiazole rings is 1. The van der Waals surface area contributed by atoms with Gasteiger partial charge in [0.1, 0.15) is 21.9 Å². The van der Waals surface area contributed by atoms with Gasteiger partial charge in [-0.3, -0.25) is 14.9 Å². The Morgan fingerprint density at radius 1 is 1.02 bits per heavy atom. The molecule has 0 spiro atoms. The molecule has 11 heteroatoms. The van der Waals surface area contributed by atoms with Crippen molar-refractivity contribution in [2.24, 2.45) is 0 Å². The lowest BCUT2D eigenvalue weighted by Crippen LogP contribution is -2.17. The lowest BCUT2D eigenvalue weighted by atomic mass is 9.85. The number of nitrogens with one attached hydrogen (secondary N) is 2. The number of carbonyl (C=O) groups is 2. The number of ether oxygens (including phenoxy) is 1. The topological polar surface area (TPSA) is 117 Å². The van der Waals surface area contributed by atoms with E-state index in [1.54, 1.807) is 56.3 Å². The predicted molar refractivity (Wildman–Crippen MR) is 166 cm³/mol. The van der Waals surface area contributed by atoms with Crippen molar-refractivity contribution in [3.05, 3.63) is 112 Å². The zero-order chi connectivity index (χ0) is 30.6. The van der Waals surface area contributed by atoms with Crippen LogP contribution in [-0.4, -0.2) is 21.8 Å². The SMILES string of the molecule is CC(C)(C#N)c1cccc(C(=O)Nc2cc(Oc3ccc4nc(NC(=O)/C=C/c5ccccc5)sc4n3)c(Cl)cc2F)c1. The van der Waals surface area contributed by atoms with Crippen molar-refractivity contribution in [2.75, 3.05) is 10.6 Å². The fourth-order valence-electron chi connectivity index (χ4n) is 3.92. The number of amides is 2. The summed E-state index contributed by atoms with van der Waals surface area (Å²) in [5, 5.41) is 15.0. The molecule has 0 aliphatic carbocycles. The summed E-state index contributed by atoms with van der Waals surface area (Å²) in [6.45, 7) is 3.48. The number of pyridine rings is 1. The molecule has 0 aliphatic heterocycles. The van der Waals surface area contributed by atoms with E-state index < -0.39 is 17.1 Å². The first-order valence-electron chi connectivity index (χ1n) is 12.9. The van der Waals surface area contributed by atoms with Crippen molar-refractivity contribution in [1.82, 2.24) is 9.97 Å². The molecule has 0 aliphatic rings. The van der Waals surface area contributed by atoms with Crippen molar-refractivity contribution in [3.8, 4) is 17.7 Å². The Balaban J connectivity index is 1.31. The standard InChI is InChI=1S/C32H23ClFN5O3S/c1-32(2,18-35)21-10-6-9-20(15-21)29(41)36-25-17-26(22(33)16-23(25)34)42-28-14-12-24-30(39-28)43-31(37-24)38-27(40)13-11-19-7-4-3-5-8-19/h3-17H,1-2H3,(H,36,41)(H,37,38,40)/b13-11+. The van der Waals surface area contributed by atoms with Crippen LogP contribution in [-0.2, 0) is 10.2 Å². The minimum absolute atomic E-state index is 0.0300. The molecule has 214 valence electrons. The highest BCUT2D eigenvalue weighted by atomic mass is 35.5. The van der Waals surface area contributed by atoms with Gasteiger partial charge >= 0.3 is 0 Å². The molecule has 0 saturated carbocycles. The molecule has 0 unspecified atom stereocenters. The van der Waals surface area contributed by atoms with Crippen LogP contribution in [0.5, 0.6) is 11.6 Å². The second kappa shape index (κ2) is 12.4. The highest BCUT2D eigenvalue weighted by molar-refractivity contribution is 7.22. The second-order valence-electron chi connectivity index (χ2n) is 9.86. The van der Waals surface area contributed by atoms with Gasteiger partial charge < -0.3 is 10.1 Å². The molecule has 2 amide bonds. The molecule has 43 heavy (non-hydrogen) atoms. The maximum atomic E-state index is 14.8. The Labute approximate surface area is 255 Å². The van der Waals surface area contributed by atoms with Gasteiger partial charge in [0.25, 0.3) is 5.91 Å². The molecule has 8 nitrogen and oxygen atoms in total. The number of carbonyl (C=O) groups excluding carboxylic acids is 2. The second-order valence-corrected chi connectivity index (χ2v) is 11.2. The van der Waals surface area contributed by atoms with E-state index in [0.29, 0.717) is 21.0 Å². The third kappa shape index (κ3) is 7.04. The first-order valence-corrected chi connectivity index (χ1v) is 14.1. The quantitative estimate of drug-likeness (QED) is 0.172. The number of aromatic nitrogens is 2. The van der Waals surface area contributed by atoms with Crippen molar-refractivity contribution in [2.45, 2.75) is 19.3 Å². The monoisotopic (exact) mass is 611 g/mol. The Bertz CT molecular complexity index is 1920. The molecule has 2 heterocycles. The van der Waals surface area contributed by atoms with Gasteiger partial charge in [-0.05, 0) is 55.3 Å². The van der Waals surface area contributed by atoms with Crippen LogP contribution in [0.15, 0.2) is 84.9 Å². The highest BCUT2D eigenvalue weighted by Crippen LogP contribution is 2.35. The largest absolute Gasteiger partial charge is 0.437 e. The number of fused-ring (bicyclic) bond motifs is 1. The molecular weight excluding hydrogens is 589 g/mol. The number of halogens is 2. The maximum Gasteiger partial charge on any atom is 0.255 e. The predicted octanol–water partition coefficient (Wildman–Crippen LogP) is 7.98. The number of hydrogen-bond acceptors (Lipinski definition) is 7. The van der Waals surface area contributed by atoms with Gasteiger partial charge in [-0.15, -0.1) is 0 Å². The molecule has 0 fully saturated rings. The van der Waals surface area contributed by atoms with E-state index >= 15 is 0 Å². The van der Waals surface area contributed by atoms with Gasteiger partial charge in [0, 0.05) is 23.8 Å². The van der Waals surface area contributed by atoms with E-state index in [0.717, 1.165) is 23.0 Å². The van der Waals surface area contributed by atoms with Crippen LogP contribution in [0.1, 0.15) is 35.3 Å². The molecule has 0 saturated heterocycles. The van der Waals surface area contributed by atoms with Crippen LogP contribution in [0.4, 0.5) is 15.2 Å². The van der Waals surface area contributed by atoms with E-state index in [-0.39, 0.29) is 33.8 Å². The van der Waals surface area contributed by atoms with Crippen molar-refractivity contribution in [3.63, 3.8) is 0 Å². The van der Waals surface area contributed by atoms with Gasteiger partial charge in [-0.25, -0.2) is 14.4 Å². The molecule has 3 aromatic carbocycles. The molecule has 2 N–H and O–H groups in total. The van der Waals surface area contributed by atoms with Crippen molar-refractivity contribution < 1.29 is 18.7 Å². The van der Waals surface area contributed by atoms with Crippen LogP contribution in [0.2, 0.25) is 5.02 Å². The molecular formula is C32H23ClFN5O3S. The van der Waals surface area contributed by atoms with E-state index in [4.69, 9.17) is 16.3 Å². The number of nitrogens with zero attached hydrogens (tertiary/aromatic N) is 3. The molecule has 5 aromatic rings. The number of benzene rings is 3. The van der Waals surface area contributed by atoms with Crippen LogP contribution in [0.3, 0.4) is 0 Å². The molecule has 0 atom stereocenters. The zero-order valence-corrected chi connectivity index (χ0v) is 24.5. The number of rotatable bonds is 8. The Morgan fingerprint density at radius 2 is 1.81 bits per heavy atom. The zero-order valence-electron chi connectivity index (χ0n) is 22.9. The van der Waals surface area contributed by atoms with Crippen molar-refractivity contribution in [1.29, 1.82) is 5.26 Å². The first kappa shape index (κ1) is 29.4. The van der Waals surface area contributed by atoms with Gasteiger partial charge in [-0.1, -0.05) is 65.4 Å². The summed E-state index contributed by atoms with van der Waals surface area (Å²) in [4.78, 5) is 34.6. The third-order valence-corrected chi connectivity index (χ3v) is 7.47. The fraction of sp³-hybridized carbons (Fsp3) is 0.0938. The van der Waals surface area contributed by atoms with Crippen LogP contribution >= 0.6 is 22.9 Å². The van der Waals surface area contributed by atoms with Gasteiger partial charge in [0.2, 0.25) is 11.8 Å². The van der Waals surface area contributed by atoms with Gasteiger partial charge in [-0.2, -0.15) is 5.26 Å². The normalized spacial score (nSPS) is 11.3. The van der Waals surface area contributed by atoms with E-state index in [1.165, 1.54) is 12.1 Å². The average Bonchev–Trinajstić information content (AvgIpc) is 3.40. The van der Waals surface area contributed by atoms with Gasteiger partial charge in [0.15, 0.2) is 5.13 Å². The summed E-state index contributed by atoms with van der Waals surface area (Å²) in [6.07, 6.45) is 3.11. The maximum absolute atomic E-state index is 14.8. The summed E-state index contributed by atoms with van der Waals surface area (Å²) < 4.78 is 20.6. The molecule has 5 rings (SSSR count). The molecule has 0 bridgehead atoms. The fourth-order valence-corrected chi connectivity index (χ4v) is 4.94. The minimum atomic E-state index is -0.805. The number of hydrogen-bond donors (Lipinski definition) is 2. The van der Waals surface area contributed by atoms with E-state index in [9.17, 15) is 19.2 Å². The summed E-state index contributed by atoms with van der Waals surface area (Å²) in [6, 6.07) is 23.7.